The summed E-state index contributed by atoms with van der Waals surface area (Å²) in [7, 11) is 1.41. The van der Waals surface area contributed by atoms with Gasteiger partial charge in [0.05, 0.1) is 23.2 Å². The molecule has 1 aromatic heterocycles. The molecular weight excluding hydrogens is 528 g/mol. The molecule has 36 heavy (non-hydrogen) atoms. The highest BCUT2D eigenvalue weighted by Gasteiger charge is 2.46. The van der Waals surface area contributed by atoms with Crippen molar-refractivity contribution in [3.63, 3.8) is 0 Å². The van der Waals surface area contributed by atoms with Crippen molar-refractivity contribution >= 4 is 33.4 Å². The van der Waals surface area contributed by atoms with Gasteiger partial charge < -0.3 is 24.6 Å². The summed E-state index contributed by atoms with van der Waals surface area (Å²) in [6, 6.07) is 11.0. The normalized spacial score (nSPS) is 20.4. The number of phenols is 1. The van der Waals surface area contributed by atoms with E-state index in [1.54, 1.807) is 54.9 Å². The van der Waals surface area contributed by atoms with Crippen molar-refractivity contribution in [1.29, 1.82) is 0 Å². The molecule has 2 aliphatic heterocycles. The van der Waals surface area contributed by atoms with Crippen molar-refractivity contribution < 1.29 is 29.3 Å². The molecule has 0 bridgehead atoms. The van der Waals surface area contributed by atoms with Crippen LogP contribution in [0.4, 0.5) is 0 Å². The topological polar surface area (TPSA) is 109 Å². The summed E-state index contributed by atoms with van der Waals surface area (Å²) in [6.45, 7) is 2.07. The van der Waals surface area contributed by atoms with Crippen LogP contribution >= 0.6 is 15.9 Å². The van der Waals surface area contributed by atoms with E-state index in [2.05, 4.69) is 20.9 Å². The number of likely N-dealkylation sites (tertiary alicyclic amines) is 1. The van der Waals surface area contributed by atoms with Crippen LogP contribution in [-0.4, -0.2) is 45.0 Å². The van der Waals surface area contributed by atoms with E-state index in [4.69, 9.17) is 9.47 Å². The molecule has 0 aliphatic carbocycles. The van der Waals surface area contributed by atoms with Gasteiger partial charge in [-0.3, -0.25) is 14.6 Å². The zero-order valence-electron chi connectivity index (χ0n) is 19.6. The fourth-order valence-corrected chi connectivity index (χ4v) is 5.17. The molecule has 1 amide bonds. The Kier molecular flexibility index (Phi) is 6.17. The van der Waals surface area contributed by atoms with E-state index >= 15 is 0 Å². The number of phenolic OH excluding ortho intramolecular Hbond substituents is 1. The van der Waals surface area contributed by atoms with Crippen LogP contribution in [0.2, 0.25) is 0 Å². The number of aromatic hydroxyl groups is 1. The van der Waals surface area contributed by atoms with Gasteiger partial charge in [0.15, 0.2) is 11.5 Å². The Hall–Kier alpha value is -3.85. The van der Waals surface area contributed by atoms with Gasteiger partial charge in [-0.25, -0.2) is 0 Å². The first kappa shape index (κ1) is 23.9. The molecule has 0 radical (unpaired) electrons. The zero-order chi connectivity index (χ0) is 25.6. The third-order valence-electron chi connectivity index (χ3n) is 6.40. The average molecular weight is 551 g/mol. The first-order chi connectivity index (χ1) is 17.3. The summed E-state index contributed by atoms with van der Waals surface area (Å²) in [6.07, 6.45) is 3.91. The van der Waals surface area contributed by atoms with Gasteiger partial charge in [-0.2, -0.15) is 0 Å². The molecule has 2 aliphatic rings. The van der Waals surface area contributed by atoms with E-state index in [9.17, 15) is 19.8 Å². The molecule has 0 spiro atoms. The van der Waals surface area contributed by atoms with Crippen LogP contribution in [0.5, 0.6) is 17.2 Å². The molecule has 1 fully saturated rings. The molecule has 2 atom stereocenters. The van der Waals surface area contributed by atoms with Crippen LogP contribution in [0, 0.1) is 0 Å². The van der Waals surface area contributed by atoms with Crippen molar-refractivity contribution in [3.8, 4) is 17.2 Å². The number of fused-ring (bicyclic) bond motifs is 1. The second kappa shape index (κ2) is 9.31. The lowest BCUT2D eigenvalue weighted by Gasteiger charge is -2.26. The smallest absolute Gasteiger partial charge is 0.295 e. The number of carbonyl (C=O) groups excluding carboxylic acids is 2. The molecule has 8 nitrogen and oxygen atoms in total. The number of amides is 1. The lowest BCUT2D eigenvalue weighted by Crippen LogP contribution is -2.29. The van der Waals surface area contributed by atoms with E-state index in [-0.39, 0.29) is 35.5 Å². The van der Waals surface area contributed by atoms with Crippen LogP contribution in [0.1, 0.15) is 35.2 Å². The molecule has 3 aromatic rings. The van der Waals surface area contributed by atoms with Gasteiger partial charge in [0.25, 0.3) is 11.7 Å². The lowest BCUT2D eigenvalue weighted by molar-refractivity contribution is -0.140. The predicted molar refractivity (Wildman–Crippen MR) is 135 cm³/mol. The number of hydrogen-bond acceptors (Lipinski definition) is 7. The second-order valence-electron chi connectivity index (χ2n) is 8.79. The van der Waals surface area contributed by atoms with E-state index in [1.165, 1.54) is 12.0 Å². The van der Waals surface area contributed by atoms with Gasteiger partial charge in [0.2, 0.25) is 0 Å². The number of nitrogens with zero attached hydrogens (tertiary/aromatic N) is 2. The van der Waals surface area contributed by atoms with Crippen LogP contribution < -0.4 is 9.47 Å². The van der Waals surface area contributed by atoms with Gasteiger partial charge in [0.1, 0.15) is 17.6 Å². The molecule has 0 saturated carbocycles. The van der Waals surface area contributed by atoms with Crippen molar-refractivity contribution in [1.82, 2.24) is 9.88 Å². The van der Waals surface area contributed by atoms with E-state index < -0.39 is 17.7 Å². The number of benzene rings is 2. The number of pyridine rings is 1. The van der Waals surface area contributed by atoms with Gasteiger partial charge in [-0.05, 0) is 82.0 Å². The Morgan fingerprint density at radius 1 is 1.19 bits per heavy atom. The van der Waals surface area contributed by atoms with Crippen LogP contribution in [-0.2, 0) is 22.6 Å². The molecule has 2 N–H and O–H groups in total. The highest BCUT2D eigenvalue weighted by Crippen LogP contribution is 2.45. The Morgan fingerprint density at radius 3 is 2.67 bits per heavy atom. The van der Waals surface area contributed by atoms with E-state index in [1.807, 2.05) is 6.92 Å². The summed E-state index contributed by atoms with van der Waals surface area (Å²) in [4.78, 5) is 32.1. The van der Waals surface area contributed by atoms with Gasteiger partial charge >= 0.3 is 0 Å². The molecule has 3 heterocycles. The van der Waals surface area contributed by atoms with Crippen LogP contribution in [0.3, 0.4) is 0 Å². The summed E-state index contributed by atoms with van der Waals surface area (Å²) < 4.78 is 11.4. The molecule has 184 valence electrons. The molecule has 9 heteroatoms. The molecule has 2 aromatic carbocycles. The van der Waals surface area contributed by atoms with Crippen molar-refractivity contribution in [2.45, 2.75) is 32.0 Å². The fourth-order valence-electron chi connectivity index (χ4n) is 4.71. The first-order valence-electron chi connectivity index (χ1n) is 11.3. The minimum Gasteiger partial charge on any atom is -0.507 e. The van der Waals surface area contributed by atoms with E-state index in [0.717, 1.165) is 16.9 Å². The maximum atomic E-state index is 13.4. The number of halogens is 1. The van der Waals surface area contributed by atoms with Crippen LogP contribution in [0.25, 0.3) is 5.76 Å². The molecule has 1 saturated heterocycles. The minimum atomic E-state index is -0.924. The Bertz CT molecular complexity index is 1400. The summed E-state index contributed by atoms with van der Waals surface area (Å²) in [5, 5.41) is 21.7. The highest BCUT2D eigenvalue weighted by molar-refractivity contribution is 9.10. The maximum Gasteiger partial charge on any atom is 0.295 e. The standard InChI is InChI=1S/C27H23BrN2O6/c1-14-9-17-10-16(3-4-20(17)36-14)24(31)22-23(18-11-19(28)25(32)21(12-18)35-2)30(27(34)26(22)33)13-15-5-7-29-8-6-15/h3-8,10-12,14,23,31-32H,9,13H2,1-2H3/b24-22-. The number of hydrogen-bond donors (Lipinski definition) is 2. The van der Waals surface area contributed by atoms with Gasteiger partial charge in [0, 0.05) is 30.9 Å². The highest BCUT2D eigenvalue weighted by atomic mass is 79.9. The van der Waals surface area contributed by atoms with Crippen molar-refractivity contribution in [2.24, 2.45) is 0 Å². The number of carbonyl (C=O) groups is 2. The van der Waals surface area contributed by atoms with Gasteiger partial charge in [-0.1, -0.05) is 0 Å². The third kappa shape index (κ3) is 4.09. The number of Topliss-reactive ketones (excluding diaryl/α,β-unsaturated/α-hetero) is 1. The second-order valence-corrected chi connectivity index (χ2v) is 9.65. The zero-order valence-corrected chi connectivity index (χ0v) is 21.2. The Balaban J connectivity index is 1.68. The number of methoxy groups -OCH3 is 1. The minimum absolute atomic E-state index is 0.0187. The first-order valence-corrected chi connectivity index (χ1v) is 12.1. The van der Waals surface area contributed by atoms with Crippen LogP contribution in [0.15, 0.2) is 64.9 Å². The van der Waals surface area contributed by atoms with E-state index in [0.29, 0.717) is 22.0 Å². The van der Waals surface area contributed by atoms with Gasteiger partial charge in [-0.15, -0.1) is 0 Å². The Labute approximate surface area is 215 Å². The number of ether oxygens (including phenoxy) is 2. The lowest BCUT2D eigenvalue weighted by atomic mass is 9.94. The molecule has 5 rings (SSSR count). The summed E-state index contributed by atoms with van der Waals surface area (Å²) in [5.41, 5.74) is 2.56. The SMILES string of the molecule is COc1cc(C2/C(=C(/O)c3ccc4c(c3)CC(C)O4)C(=O)C(=O)N2Cc2ccncc2)cc(Br)c1O. The number of aliphatic hydroxyl groups excluding tert-OH is 1. The number of aliphatic hydroxyl groups is 1. The number of ketones is 1. The fraction of sp³-hybridized carbons (Fsp3) is 0.222. The quantitative estimate of drug-likeness (QED) is 0.273. The molecular formula is C27H23BrN2O6. The number of aromatic nitrogens is 1. The predicted octanol–water partition coefficient (Wildman–Crippen LogP) is 4.50. The van der Waals surface area contributed by atoms with Crippen molar-refractivity contribution in [2.75, 3.05) is 7.11 Å². The average Bonchev–Trinajstić information content (AvgIpc) is 3.37. The summed E-state index contributed by atoms with van der Waals surface area (Å²) in [5.74, 6) is -1.01. The largest absolute Gasteiger partial charge is 0.507 e. The molecule has 2 unspecified atom stereocenters. The number of rotatable bonds is 5. The monoisotopic (exact) mass is 550 g/mol. The van der Waals surface area contributed by atoms with Crippen molar-refractivity contribution in [3.05, 3.63) is 87.2 Å². The Morgan fingerprint density at radius 2 is 1.94 bits per heavy atom. The summed E-state index contributed by atoms with van der Waals surface area (Å²) >= 11 is 3.32. The third-order valence-corrected chi connectivity index (χ3v) is 7.00. The maximum absolute atomic E-state index is 13.4.